The predicted molar refractivity (Wildman–Crippen MR) is 46.5 cm³/mol. The normalized spacial score (nSPS) is 22.8. The molecule has 0 fully saturated rings. The molecule has 0 atom stereocenters. The number of rotatable bonds is 1. The molecule has 0 spiro atoms. The lowest BCUT2D eigenvalue weighted by molar-refractivity contribution is -0.116. The van der Waals surface area contributed by atoms with Crippen molar-refractivity contribution in [3.8, 4) is 0 Å². The summed E-state index contributed by atoms with van der Waals surface area (Å²) in [7, 11) is 0. The van der Waals surface area contributed by atoms with Gasteiger partial charge in [-0.15, -0.1) is 4.91 Å². The van der Waals surface area contributed by atoms with Gasteiger partial charge < -0.3 is 0 Å². The van der Waals surface area contributed by atoms with Gasteiger partial charge in [0, 0.05) is 17.4 Å². The molecule has 1 aliphatic rings. The van der Waals surface area contributed by atoms with Gasteiger partial charge in [-0.1, -0.05) is 13.8 Å². The first-order valence-corrected chi connectivity index (χ1v) is 4.07. The Labute approximate surface area is 71.8 Å². The molecular weight excluding hydrogens is 154 g/mol. The first-order chi connectivity index (χ1) is 5.49. The SMILES string of the molecule is CC1=C(N=O)C(C)(C)CCC1=O. The highest BCUT2D eigenvalue weighted by Crippen LogP contribution is 2.38. The average Bonchev–Trinajstić information content (AvgIpc) is 1.99. The van der Waals surface area contributed by atoms with Crippen molar-refractivity contribution in [2.24, 2.45) is 10.6 Å². The van der Waals surface area contributed by atoms with Crippen molar-refractivity contribution < 1.29 is 4.79 Å². The van der Waals surface area contributed by atoms with E-state index in [1.807, 2.05) is 13.8 Å². The van der Waals surface area contributed by atoms with Crippen LogP contribution in [0.25, 0.3) is 0 Å². The number of allylic oxidation sites excluding steroid dienone is 2. The fraction of sp³-hybridized carbons (Fsp3) is 0.667. The summed E-state index contributed by atoms with van der Waals surface area (Å²) in [5.41, 5.74) is 0.750. The molecule has 0 aromatic carbocycles. The summed E-state index contributed by atoms with van der Waals surface area (Å²) in [6, 6.07) is 0. The van der Waals surface area contributed by atoms with Crippen LogP contribution in [0.3, 0.4) is 0 Å². The standard InChI is InChI=1S/C9H13NO2/c1-6-7(11)4-5-9(2,3)8(6)10-12/h4-5H2,1-3H3. The lowest BCUT2D eigenvalue weighted by Crippen LogP contribution is -2.24. The molecule has 0 aromatic rings. The number of hydrogen-bond acceptors (Lipinski definition) is 3. The Morgan fingerprint density at radius 1 is 1.42 bits per heavy atom. The van der Waals surface area contributed by atoms with Crippen molar-refractivity contribution in [2.75, 3.05) is 0 Å². The van der Waals surface area contributed by atoms with Crippen LogP contribution >= 0.6 is 0 Å². The summed E-state index contributed by atoms with van der Waals surface area (Å²) in [6.07, 6.45) is 1.27. The molecule has 0 saturated heterocycles. The minimum absolute atomic E-state index is 0.0592. The second-order valence-corrected chi connectivity index (χ2v) is 3.87. The minimum Gasteiger partial charge on any atom is -0.294 e. The van der Waals surface area contributed by atoms with Crippen molar-refractivity contribution in [1.82, 2.24) is 0 Å². The lowest BCUT2D eigenvalue weighted by atomic mass is 9.76. The van der Waals surface area contributed by atoms with E-state index in [2.05, 4.69) is 5.18 Å². The maximum Gasteiger partial charge on any atom is 0.160 e. The molecule has 1 aliphatic carbocycles. The number of Topliss-reactive ketones (excluding diaryl/α,β-unsaturated/α-hetero) is 1. The number of nitrogens with zero attached hydrogens (tertiary/aromatic N) is 1. The Morgan fingerprint density at radius 3 is 2.42 bits per heavy atom. The third kappa shape index (κ3) is 1.31. The van der Waals surface area contributed by atoms with Gasteiger partial charge in [-0.05, 0) is 18.5 Å². The van der Waals surface area contributed by atoms with E-state index in [4.69, 9.17) is 0 Å². The maximum atomic E-state index is 11.2. The molecule has 66 valence electrons. The third-order valence-electron chi connectivity index (χ3n) is 2.48. The van der Waals surface area contributed by atoms with Crippen LogP contribution in [0.4, 0.5) is 0 Å². The lowest BCUT2D eigenvalue weighted by Gasteiger charge is -2.28. The number of carbonyl (C=O) groups is 1. The van der Waals surface area contributed by atoms with Gasteiger partial charge in [-0.25, -0.2) is 0 Å². The zero-order valence-corrected chi connectivity index (χ0v) is 7.68. The van der Waals surface area contributed by atoms with Crippen LogP contribution in [0.15, 0.2) is 16.4 Å². The van der Waals surface area contributed by atoms with Gasteiger partial charge in [0.05, 0.1) is 5.70 Å². The zero-order valence-electron chi connectivity index (χ0n) is 7.68. The highest BCUT2D eigenvalue weighted by Gasteiger charge is 2.33. The van der Waals surface area contributed by atoms with Crippen molar-refractivity contribution in [1.29, 1.82) is 0 Å². The van der Waals surface area contributed by atoms with Gasteiger partial charge in [-0.3, -0.25) is 4.79 Å². The molecule has 3 heteroatoms. The molecule has 12 heavy (non-hydrogen) atoms. The molecule has 0 unspecified atom stereocenters. The van der Waals surface area contributed by atoms with Gasteiger partial charge >= 0.3 is 0 Å². The second kappa shape index (κ2) is 2.81. The fourth-order valence-electron chi connectivity index (χ4n) is 1.56. The van der Waals surface area contributed by atoms with Gasteiger partial charge in [-0.2, -0.15) is 0 Å². The molecular formula is C9H13NO2. The number of hydrogen-bond donors (Lipinski definition) is 0. The van der Waals surface area contributed by atoms with E-state index in [-0.39, 0.29) is 11.2 Å². The van der Waals surface area contributed by atoms with E-state index in [1.165, 1.54) is 0 Å². The van der Waals surface area contributed by atoms with E-state index < -0.39 is 0 Å². The molecule has 0 heterocycles. The van der Waals surface area contributed by atoms with E-state index in [0.29, 0.717) is 17.7 Å². The number of ketones is 1. The van der Waals surface area contributed by atoms with Crippen LogP contribution in [-0.4, -0.2) is 5.78 Å². The molecule has 1 rings (SSSR count). The molecule has 0 aromatic heterocycles. The number of carbonyl (C=O) groups excluding carboxylic acids is 1. The monoisotopic (exact) mass is 167 g/mol. The van der Waals surface area contributed by atoms with Crippen LogP contribution in [0.1, 0.15) is 33.6 Å². The Hall–Kier alpha value is -0.990. The smallest absolute Gasteiger partial charge is 0.160 e. The van der Waals surface area contributed by atoms with E-state index in [9.17, 15) is 9.70 Å². The van der Waals surface area contributed by atoms with Crippen LogP contribution in [0.2, 0.25) is 0 Å². The van der Waals surface area contributed by atoms with E-state index >= 15 is 0 Å². The zero-order chi connectivity index (χ0) is 9.35. The highest BCUT2D eigenvalue weighted by atomic mass is 16.3. The van der Waals surface area contributed by atoms with Crippen LogP contribution < -0.4 is 0 Å². The first-order valence-electron chi connectivity index (χ1n) is 4.07. The summed E-state index contributed by atoms with van der Waals surface area (Å²) in [6.45, 7) is 5.57. The quantitative estimate of drug-likeness (QED) is 0.563. The van der Waals surface area contributed by atoms with Gasteiger partial charge in [0.2, 0.25) is 0 Å². The summed E-state index contributed by atoms with van der Waals surface area (Å²) in [5, 5.41) is 2.94. The minimum atomic E-state index is -0.222. The largest absolute Gasteiger partial charge is 0.294 e. The Morgan fingerprint density at radius 2 is 2.00 bits per heavy atom. The molecule has 0 aliphatic heterocycles. The average molecular weight is 167 g/mol. The summed E-state index contributed by atoms with van der Waals surface area (Å²) in [4.78, 5) is 21.7. The van der Waals surface area contributed by atoms with Crippen LogP contribution in [0, 0.1) is 10.3 Å². The first kappa shape index (κ1) is 9.10. The molecule has 0 amide bonds. The number of nitroso groups, excluding NO2 is 1. The van der Waals surface area contributed by atoms with Crippen molar-refractivity contribution in [3.63, 3.8) is 0 Å². The Kier molecular flexibility index (Phi) is 2.13. The molecule has 0 radical (unpaired) electrons. The molecule has 3 nitrogen and oxygen atoms in total. The van der Waals surface area contributed by atoms with E-state index in [0.717, 1.165) is 6.42 Å². The van der Waals surface area contributed by atoms with Gasteiger partial charge in [0.15, 0.2) is 5.78 Å². The Bertz CT molecular complexity index is 264. The molecule has 0 N–H and O–H groups in total. The van der Waals surface area contributed by atoms with Gasteiger partial charge in [0.1, 0.15) is 0 Å². The topological polar surface area (TPSA) is 46.5 Å². The van der Waals surface area contributed by atoms with Crippen LogP contribution in [-0.2, 0) is 4.79 Å². The summed E-state index contributed by atoms with van der Waals surface area (Å²) >= 11 is 0. The van der Waals surface area contributed by atoms with Crippen molar-refractivity contribution in [2.45, 2.75) is 33.6 Å². The summed E-state index contributed by atoms with van der Waals surface area (Å²) in [5.74, 6) is 0.0592. The van der Waals surface area contributed by atoms with E-state index in [1.54, 1.807) is 6.92 Å². The van der Waals surface area contributed by atoms with Crippen molar-refractivity contribution >= 4 is 5.78 Å². The second-order valence-electron chi connectivity index (χ2n) is 3.87. The predicted octanol–water partition coefficient (Wildman–Crippen LogP) is 2.42. The van der Waals surface area contributed by atoms with Gasteiger partial charge in [0.25, 0.3) is 0 Å². The highest BCUT2D eigenvalue weighted by molar-refractivity contribution is 5.96. The fourth-order valence-corrected chi connectivity index (χ4v) is 1.56. The molecule has 0 saturated carbocycles. The Balaban J connectivity index is 3.18. The summed E-state index contributed by atoms with van der Waals surface area (Å²) < 4.78 is 0. The van der Waals surface area contributed by atoms with Crippen molar-refractivity contribution in [3.05, 3.63) is 16.2 Å². The maximum absolute atomic E-state index is 11.2. The molecule has 0 bridgehead atoms. The van der Waals surface area contributed by atoms with Crippen LogP contribution in [0.5, 0.6) is 0 Å². The third-order valence-corrected chi connectivity index (χ3v) is 2.48.